The van der Waals surface area contributed by atoms with Crippen molar-refractivity contribution in [2.75, 3.05) is 33.9 Å². The minimum atomic E-state index is -0.290. The average Bonchev–Trinajstić information content (AvgIpc) is 2.99. The molecule has 0 radical (unpaired) electrons. The summed E-state index contributed by atoms with van der Waals surface area (Å²) < 4.78 is 7.07. The van der Waals surface area contributed by atoms with Crippen LogP contribution in [0.15, 0.2) is 6.33 Å². The number of likely N-dealkylation sites (tertiary alicyclic amines) is 1. The first kappa shape index (κ1) is 17.9. The number of aryl methyl sites for hydroxylation is 1. The first-order valence-electron chi connectivity index (χ1n) is 8.32. The van der Waals surface area contributed by atoms with Gasteiger partial charge in [0, 0.05) is 25.7 Å². The van der Waals surface area contributed by atoms with Crippen LogP contribution in [0.25, 0.3) is 0 Å². The van der Waals surface area contributed by atoms with Crippen molar-refractivity contribution < 1.29 is 9.53 Å². The van der Waals surface area contributed by atoms with E-state index in [0.717, 1.165) is 44.7 Å². The van der Waals surface area contributed by atoms with Crippen LogP contribution in [0.1, 0.15) is 45.0 Å². The molecule has 2 rings (SSSR count). The molecule has 1 amide bonds. The molecule has 1 atom stereocenters. The van der Waals surface area contributed by atoms with Crippen LogP contribution in [0.3, 0.4) is 0 Å². The number of amides is 1. The highest BCUT2D eigenvalue weighted by atomic mass is 16.5. The van der Waals surface area contributed by atoms with Gasteiger partial charge in [0.25, 0.3) is 0 Å². The van der Waals surface area contributed by atoms with Gasteiger partial charge in [-0.2, -0.15) is 0 Å². The molecule has 1 saturated heterocycles. The van der Waals surface area contributed by atoms with Crippen LogP contribution in [0, 0.1) is 5.41 Å². The predicted octanol–water partition coefficient (Wildman–Crippen LogP) is 1.22. The van der Waals surface area contributed by atoms with E-state index < -0.39 is 0 Å². The third-order valence-corrected chi connectivity index (χ3v) is 4.77. The largest absolute Gasteiger partial charge is 0.385 e. The Morgan fingerprint density at radius 3 is 2.83 bits per heavy atom. The third kappa shape index (κ3) is 4.51. The van der Waals surface area contributed by atoms with E-state index in [2.05, 4.69) is 34.4 Å². The lowest BCUT2D eigenvalue weighted by Gasteiger charge is -2.37. The van der Waals surface area contributed by atoms with Crippen LogP contribution in [0.4, 0.5) is 0 Å². The summed E-state index contributed by atoms with van der Waals surface area (Å²) in [5.41, 5.74) is -0.290. The number of ether oxygens (including phenoxy) is 1. The second-order valence-electron chi connectivity index (χ2n) is 6.79. The Hall–Kier alpha value is -1.47. The number of methoxy groups -OCH3 is 1. The minimum Gasteiger partial charge on any atom is -0.385 e. The van der Waals surface area contributed by atoms with Crippen LogP contribution in [-0.2, 0) is 16.1 Å². The molecule has 0 aliphatic carbocycles. The quantitative estimate of drug-likeness (QED) is 0.764. The summed E-state index contributed by atoms with van der Waals surface area (Å²) in [6.45, 7) is 7.44. The molecule has 1 aromatic rings. The van der Waals surface area contributed by atoms with E-state index in [1.54, 1.807) is 13.4 Å². The van der Waals surface area contributed by atoms with Crippen molar-refractivity contribution >= 4 is 5.91 Å². The van der Waals surface area contributed by atoms with Crippen molar-refractivity contribution in [2.45, 2.75) is 45.7 Å². The van der Waals surface area contributed by atoms with Crippen LogP contribution < -0.4 is 5.32 Å². The van der Waals surface area contributed by atoms with Gasteiger partial charge in [0.1, 0.15) is 6.33 Å². The number of hydrogen-bond donors (Lipinski definition) is 1. The molecule has 1 fully saturated rings. The number of nitrogens with one attached hydrogen (secondary N) is 1. The van der Waals surface area contributed by atoms with Crippen molar-refractivity contribution in [3.05, 3.63) is 12.2 Å². The first-order chi connectivity index (χ1) is 11.0. The molecular weight excluding hydrogens is 294 g/mol. The maximum absolute atomic E-state index is 12.7. The summed E-state index contributed by atoms with van der Waals surface area (Å²) >= 11 is 0. The standard InChI is InChI=1S/C16H29N5O2/c1-13(14-19-17-12-21(14)8-5-11-23-4)18-15(22)16(2)6-9-20(3)10-7-16/h12-13H,5-11H2,1-4H3,(H,18,22)/t13-/m1/s1. The van der Waals surface area contributed by atoms with Crippen molar-refractivity contribution in [3.8, 4) is 0 Å². The number of rotatable bonds is 7. The molecule has 1 aliphatic heterocycles. The average molecular weight is 323 g/mol. The Morgan fingerprint density at radius 1 is 1.48 bits per heavy atom. The number of aromatic nitrogens is 3. The van der Waals surface area contributed by atoms with Gasteiger partial charge in [-0.15, -0.1) is 10.2 Å². The topological polar surface area (TPSA) is 72.3 Å². The molecule has 130 valence electrons. The van der Waals surface area contributed by atoms with E-state index in [-0.39, 0.29) is 17.4 Å². The van der Waals surface area contributed by atoms with Gasteiger partial charge in [0.15, 0.2) is 5.82 Å². The molecule has 2 heterocycles. The molecular formula is C16H29N5O2. The Kier molecular flexibility index (Phi) is 6.12. The van der Waals surface area contributed by atoms with E-state index >= 15 is 0 Å². The maximum atomic E-state index is 12.7. The molecule has 0 spiro atoms. The van der Waals surface area contributed by atoms with Crippen LogP contribution in [0.2, 0.25) is 0 Å². The fourth-order valence-electron chi connectivity index (χ4n) is 2.93. The van der Waals surface area contributed by atoms with E-state index in [1.165, 1.54) is 0 Å². The maximum Gasteiger partial charge on any atom is 0.226 e. The van der Waals surface area contributed by atoms with Gasteiger partial charge in [0.2, 0.25) is 5.91 Å². The van der Waals surface area contributed by atoms with E-state index in [4.69, 9.17) is 4.74 Å². The third-order valence-electron chi connectivity index (χ3n) is 4.77. The zero-order valence-corrected chi connectivity index (χ0v) is 14.7. The fraction of sp³-hybridized carbons (Fsp3) is 0.812. The fourth-order valence-corrected chi connectivity index (χ4v) is 2.93. The molecule has 7 heteroatoms. The zero-order chi connectivity index (χ0) is 16.9. The Morgan fingerprint density at radius 2 is 2.17 bits per heavy atom. The van der Waals surface area contributed by atoms with Gasteiger partial charge in [-0.25, -0.2) is 0 Å². The Labute approximate surface area is 138 Å². The second kappa shape index (κ2) is 7.88. The second-order valence-corrected chi connectivity index (χ2v) is 6.79. The molecule has 1 aromatic heterocycles. The van der Waals surface area contributed by atoms with Crippen molar-refractivity contribution in [1.29, 1.82) is 0 Å². The highest BCUT2D eigenvalue weighted by Crippen LogP contribution is 2.31. The SMILES string of the molecule is COCCCn1cnnc1[C@@H](C)NC(=O)C1(C)CCN(C)CC1. The van der Waals surface area contributed by atoms with Crippen molar-refractivity contribution in [1.82, 2.24) is 25.0 Å². The van der Waals surface area contributed by atoms with Gasteiger partial charge in [-0.3, -0.25) is 4.79 Å². The molecule has 0 saturated carbocycles. The summed E-state index contributed by atoms with van der Waals surface area (Å²) in [5.74, 6) is 0.913. The van der Waals surface area contributed by atoms with Gasteiger partial charge in [0.05, 0.1) is 6.04 Å². The minimum absolute atomic E-state index is 0.115. The van der Waals surface area contributed by atoms with Crippen molar-refractivity contribution in [3.63, 3.8) is 0 Å². The molecule has 1 N–H and O–H groups in total. The lowest BCUT2D eigenvalue weighted by Crippen LogP contribution is -2.47. The molecule has 7 nitrogen and oxygen atoms in total. The number of carbonyl (C=O) groups is 1. The normalized spacial score (nSPS) is 19.5. The molecule has 23 heavy (non-hydrogen) atoms. The highest BCUT2D eigenvalue weighted by Gasteiger charge is 2.37. The summed E-state index contributed by atoms with van der Waals surface area (Å²) in [6.07, 6.45) is 4.39. The summed E-state index contributed by atoms with van der Waals surface area (Å²) in [6, 6.07) is -0.149. The van der Waals surface area contributed by atoms with Gasteiger partial charge < -0.3 is 19.5 Å². The van der Waals surface area contributed by atoms with Crippen molar-refractivity contribution in [2.24, 2.45) is 5.41 Å². The molecule has 0 unspecified atom stereocenters. The van der Waals surface area contributed by atoms with Crippen LogP contribution >= 0.6 is 0 Å². The van der Waals surface area contributed by atoms with Crippen LogP contribution in [0.5, 0.6) is 0 Å². The Balaban J connectivity index is 1.95. The molecule has 0 aromatic carbocycles. The van der Waals surface area contributed by atoms with Crippen LogP contribution in [-0.4, -0.2) is 59.4 Å². The van der Waals surface area contributed by atoms with Gasteiger partial charge in [-0.1, -0.05) is 6.92 Å². The number of hydrogen-bond acceptors (Lipinski definition) is 5. The predicted molar refractivity (Wildman–Crippen MR) is 87.9 cm³/mol. The zero-order valence-electron chi connectivity index (χ0n) is 14.7. The Bertz CT molecular complexity index is 508. The molecule has 0 bridgehead atoms. The van der Waals surface area contributed by atoms with E-state index in [0.29, 0.717) is 6.61 Å². The lowest BCUT2D eigenvalue weighted by atomic mass is 9.79. The first-order valence-corrected chi connectivity index (χ1v) is 8.32. The monoisotopic (exact) mass is 323 g/mol. The summed E-state index contributed by atoms with van der Waals surface area (Å²) in [5, 5.41) is 11.3. The number of nitrogens with zero attached hydrogens (tertiary/aromatic N) is 4. The van der Waals surface area contributed by atoms with Gasteiger partial charge in [-0.05, 0) is 46.3 Å². The number of piperidine rings is 1. The lowest BCUT2D eigenvalue weighted by molar-refractivity contribution is -0.133. The number of carbonyl (C=O) groups excluding carboxylic acids is 1. The van der Waals surface area contributed by atoms with E-state index in [9.17, 15) is 4.79 Å². The molecule has 1 aliphatic rings. The smallest absolute Gasteiger partial charge is 0.226 e. The van der Waals surface area contributed by atoms with Gasteiger partial charge >= 0.3 is 0 Å². The van der Waals surface area contributed by atoms with E-state index in [1.807, 2.05) is 11.5 Å². The highest BCUT2D eigenvalue weighted by molar-refractivity contribution is 5.82. The summed E-state index contributed by atoms with van der Waals surface area (Å²) in [7, 11) is 3.79. The summed E-state index contributed by atoms with van der Waals surface area (Å²) in [4.78, 5) is 15.0.